The van der Waals surface area contributed by atoms with Crippen molar-refractivity contribution in [3.05, 3.63) is 36.0 Å². The van der Waals surface area contributed by atoms with Crippen LogP contribution in [-0.4, -0.2) is 13.3 Å². The monoisotopic (exact) mass is 230 g/mol. The highest BCUT2D eigenvalue weighted by Gasteiger charge is 2.01. The first kappa shape index (κ1) is 15.4. The lowest BCUT2D eigenvalue weighted by atomic mass is 10.0. The van der Waals surface area contributed by atoms with Gasteiger partial charge >= 0.3 is 0 Å². The van der Waals surface area contributed by atoms with Gasteiger partial charge in [0, 0.05) is 12.1 Å². The van der Waals surface area contributed by atoms with Gasteiger partial charge < -0.3 is 4.99 Å². The van der Waals surface area contributed by atoms with E-state index in [9.17, 15) is 0 Å². The van der Waals surface area contributed by atoms with E-state index >= 15 is 0 Å². The highest BCUT2D eigenvalue weighted by molar-refractivity contribution is 5.34. The fraction of sp³-hybridized carbons (Fsp3) is 0.467. The largest absolute Gasteiger partial charge is 0.301 e. The van der Waals surface area contributed by atoms with Crippen LogP contribution in [-0.2, 0) is 0 Å². The van der Waals surface area contributed by atoms with Crippen molar-refractivity contribution in [2.24, 2.45) is 10.9 Å². The highest BCUT2D eigenvalue weighted by Crippen LogP contribution is 2.15. The van der Waals surface area contributed by atoms with Crippen molar-refractivity contribution in [2.45, 2.75) is 33.1 Å². The van der Waals surface area contributed by atoms with Crippen molar-refractivity contribution in [3.63, 3.8) is 0 Å². The molecule has 0 rings (SSSR count). The molecule has 0 amide bonds. The van der Waals surface area contributed by atoms with Crippen LogP contribution in [0.4, 0.5) is 0 Å². The first-order valence-electron chi connectivity index (χ1n) is 5.98. The molecule has 2 heteroatoms. The summed E-state index contributed by atoms with van der Waals surface area (Å²) >= 11 is 0. The van der Waals surface area contributed by atoms with Gasteiger partial charge in [-0.15, -0.1) is 0 Å². The molecule has 2 nitrogen and oxygen atoms in total. The summed E-state index contributed by atoms with van der Waals surface area (Å²) < 4.78 is 0. The average molecular weight is 230 g/mol. The minimum absolute atomic E-state index is 0.619. The summed E-state index contributed by atoms with van der Waals surface area (Å²) in [6.07, 6.45) is 8.31. The Kier molecular flexibility index (Phi) is 8.68. The molecule has 0 aliphatic carbocycles. The van der Waals surface area contributed by atoms with E-state index < -0.39 is 0 Å². The number of hydrogen-bond acceptors (Lipinski definition) is 2. The zero-order valence-corrected chi connectivity index (χ0v) is 10.9. The molecule has 92 valence electrons. The van der Waals surface area contributed by atoms with E-state index in [2.05, 4.69) is 38.2 Å². The summed E-state index contributed by atoms with van der Waals surface area (Å²) in [6, 6.07) is 2.26. The van der Waals surface area contributed by atoms with Gasteiger partial charge in [-0.1, -0.05) is 32.6 Å². The van der Waals surface area contributed by atoms with Gasteiger partial charge in [0.05, 0.1) is 6.07 Å². The lowest BCUT2D eigenvalue weighted by Gasteiger charge is -2.04. The Balaban J connectivity index is 4.63. The van der Waals surface area contributed by atoms with Crippen molar-refractivity contribution in [3.8, 4) is 6.07 Å². The first-order chi connectivity index (χ1) is 8.13. The van der Waals surface area contributed by atoms with E-state index in [1.807, 2.05) is 12.2 Å². The Bertz CT molecular complexity index is 340. The molecule has 0 aromatic heterocycles. The normalized spacial score (nSPS) is 12.4. The van der Waals surface area contributed by atoms with E-state index in [-0.39, 0.29) is 0 Å². The molecule has 0 saturated heterocycles. The van der Waals surface area contributed by atoms with Gasteiger partial charge in [0.1, 0.15) is 0 Å². The van der Waals surface area contributed by atoms with E-state index in [4.69, 9.17) is 5.26 Å². The van der Waals surface area contributed by atoms with Crippen LogP contribution in [0.1, 0.15) is 33.1 Å². The molecule has 0 aliphatic rings. The van der Waals surface area contributed by atoms with Crippen LogP contribution in [0.15, 0.2) is 40.9 Å². The van der Waals surface area contributed by atoms with Gasteiger partial charge in [0.15, 0.2) is 0 Å². The molecule has 0 aliphatic heterocycles. The lowest BCUT2D eigenvalue weighted by Crippen LogP contribution is -1.91. The van der Waals surface area contributed by atoms with Crippen molar-refractivity contribution >= 4 is 6.72 Å². The smallest absolute Gasteiger partial charge is 0.0947 e. The molecule has 0 N–H and O–H groups in total. The molecule has 0 saturated carbocycles. The number of aliphatic imine (C=N–C) groups is 1. The molecule has 0 atom stereocenters. The van der Waals surface area contributed by atoms with Gasteiger partial charge in [-0.2, -0.15) is 5.26 Å². The molecular weight excluding hydrogens is 208 g/mol. The first-order valence-corrected chi connectivity index (χ1v) is 5.98. The molecule has 0 fully saturated rings. The summed E-state index contributed by atoms with van der Waals surface area (Å²) in [5, 5.41) is 9.07. The van der Waals surface area contributed by atoms with Gasteiger partial charge in [-0.05, 0) is 43.5 Å². The number of nitriles is 1. The van der Waals surface area contributed by atoms with Gasteiger partial charge in [-0.25, -0.2) is 0 Å². The Labute approximate surface area is 105 Å². The van der Waals surface area contributed by atoms with Crippen LogP contribution in [0.5, 0.6) is 0 Å². The molecule has 0 bridgehead atoms. The average Bonchev–Trinajstić information content (AvgIpc) is 2.31. The maximum atomic E-state index is 9.07. The molecule has 0 heterocycles. The summed E-state index contributed by atoms with van der Waals surface area (Å²) in [4.78, 5) is 3.83. The second kappa shape index (κ2) is 9.59. The Hall–Kier alpha value is -1.62. The van der Waals surface area contributed by atoms with E-state index in [0.717, 1.165) is 30.4 Å². The maximum Gasteiger partial charge on any atom is 0.0947 e. The Morgan fingerprint density at radius 2 is 2.12 bits per heavy atom. The number of rotatable bonds is 8. The van der Waals surface area contributed by atoms with Gasteiger partial charge in [0.2, 0.25) is 0 Å². The van der Waals surface area contributed by atoms with Crippen molar-refractivity contribution in [2.75, 3.05) is 6.54 Å². The van der Waals surface area contributed by atoms with Crippen molar-refractivity contribution in [1.82, 2.24) is 0 Å². The zero-order valence-electron chi connectivity index (χ0n) is 10.9. The van der Waals surface area contributed by atoms with Crippen LogP contribution < -0.4 is 0 Å². The molecule has 17 heavy (non-hydrogen) atoms. The SMILES string of the molecule is C=C/C=C(\C=C(\C#N)CCC(C)C)CCN=C. The molecule has 0 unspecified atom stereocenters. The number of nitrogens with zero attached hydrogens (tertiary/aromatic N) is 2. The predicted octanol–water partition coefficient (Wildman–Crippen LogP) is 4.08. The summed E-state index contributed by atoms with van der Waals surface area (Å²) in [6.45, 7) is 12.2. The van der Waals surface area contributed by atoms with Gasteiger partial charge in [0.25, 0.3) is 0 Å². The fourth-order valence-electron chi connectivity index (χ4n) is 1.39. The van der Waals surface area contributed by atoms with Crippen LogP contribution >= 0.6 is 0 Å². The van der Waals surface area contributed by atoms with Crippen LogP contribution in [0.3, 0.4) is 0 Å². The minimum Gasteiger partial charge on any atom is -0.301 e. The minimum atomic E-state index is 0.619. The third kappa shape index (κ3) is 8.21. The summed E-state index contributed by atoms with van der Waals surface area (Å²) in [5.41, 5.74) is 1.92. The highest BCUT2D eigenvalue weighted by atomic mass is 14.7. The number of allylic oxidation sites excluding steroid dienone is 4. The fourth-order valence-corrected chi connectivity index (χ4v) is 1.39. The third-order valence-electron chi connectivity index (χ3n) is 2.38. The molecule has 0 aromatic rings. The van der Waals surface area contributed by atoms with Gasteiger partial charge in [-0.3, -0.25) is 0 Å². The standard InChI is InChI=1S/C15H22N2/c1-5-6-14(9-10-17-4)11-15(12-16)8-7-13(2)3/h5-6,11,13H,1,4,7-10H2,2-3H3/b14-6-,15-11+. The van der Waals surface area contributed by atoms with Crippen LogP contribution in [0.2, 0.25) is 0 Å². The van der Waals surface area contributed by atoms with Crippen molar-refractivity contribution in [1.29, 1.82) is 5.26 Å². The summed E-state index contributed by atoms with van der Waals surface area (Å²) in [5.74, 6) is 0.619. The van der Waals surface area contributed by atoms with E-state index in [0.29, 0.717) is 12.5 Å². The second-order valence-corrected chi connectivity index (χ2v) is 4.39. The third-order valence-corrected chi connectivity index (χ3v) is 2.38. The molecule has 0 radical (unpaired) electrons. The number of hydrogen-bond donors (Lipinski definition) is 0. The van der Waals surface area contributed by atoms with E-state index in [1.165, 1.54) is 0 Å². The Morgan fingerprint density at radius 3 is 2.59 bits per heavy atom. The molecule has 0 spiro atoms. The quantitative estimate of drug-likeness (QED) is 0.351. The van der Waals surface area contributed by atoms with Crippen LogP contribution in [0, 0.1) is 17.2 Å². The second-order valence-electron chi connectivity index (χ2n) is 4.39. The van der Waals surface area contributed by atoms with E-state index in [1.54, 1.807) is 6.08 Å². The van der Waals surface area contributed by atoms with Crippen molar-refractivity contribution < 1.29 is 0 Å². The zero-order chi connectivity index (χ0) is 13.1. The summed E-state index contributed by atoms with van der Waals surface area (Å²) in [7, 11) is 0. The van der Waals surface area contributed by atoms with Crippen LogP contribution in [0.25, 0.3) is 0 Å². The Morgan fingerprint density at radius 1 is 1.41 bits per heavy atom. The lowest BCUT2D eigenvalue weighted by molar-refractivity contribution is 0.588. The topological polar surface area (TPSA) is 36.1 Å². The maximum absolute atomic E-state index is 9.07. The molecule has 0 aromatic carbocycles. The molecular formula is C15H22N2. The predicted molar refractivity (Wildman–Crippen MR) is 75.1 cm³/mol.